The van der Waals surface area contributed by atoms with Crippen LogP contribution in [0.15, 0.2) is 11.0 Å². The highest BCUT2D eigenvalue weighted by atomic mass is 35.5. The van der Waals surface area contributed by atoms with E-state index in [9.17, 15) is 9.90 Å². The van der Waals surface area contributed by atoms with Gasteiger partial charge < -0.3 is 10.4 Å². The van der Waals surface area contributed by atoms with Crippen LogP contribution in [0, 0.1) is 0 Å². The maximum atomic E-state index is 11.8. The van der Waals surface area contributed by atoms with Crippen molar-refractivity contribution in [3.63, 3.8) is 0 Å². The summed E-state index contributed by atoms with van der Waals surface area (Å²) in [5.74, 6) is 0. The number of rotatable bonds is 4. The lowest BCUT2D eigenvalue weighted by atomic mass is 9.86. The summed E-state index contributed by atoms with van der Waals surface area (Å²) in [5, 5.41) is 17.2. The molecule has 1 aromatic heterocycles. The van der Waals surface area contributed by atoms with E-state index in [0.717, 1.165) is 0 Å². The zero-order valence-electron chi connectivity index (χ0n) is 11.4. The quantitative estimate of drug-likeness (QED) is 0.879. The molecule has 0 aromatic carbocycles. The first-order chi connectivity index (χ1) is 8.10. The molecular formula is C12H20ClN3O2. The lowest BCUT2D eigenvalue weighted by Crippen LogP contribution is -2.51. The van der Waals surface area contributed by atoms with Crippen molar-refractivity contribution in [1.29, 1.82) is 0 Å². The van der Waals surface area contributed by atoms with Gasteiger partial charge in [-0.25, -0.2) is 4.68 Å². The van der Waals surface area contributed by atoms with Crippen LogP contribution in [0.2, 0.25) is 5.02 Å². The maximum Gasteiger partial charge on any atom is 0.287 e. The van der Waals surface area contributed by atoms with Crippen LogP contribution >= 0.6 is 11.6 Å². The summed E-state index contributed by atoms with van der Waals surface area (Å²) >= 11 is 6.02. The molecule has 0 aliphatic carbocycles. The molecule has 0 aliphatic rings. The number of hydrogen-bond donors (Lipinski definition) is 2. The van der Waals surface area contributed by atoms with Crippen molar-refractivity contribution in [1.82, 2.24) is 9.78 Å². The van der Waals surface area contributed by atoms with Crippen LogP contribution in [0.3, 0.4) is 0 Å². The molecule has 0 fully saturated rings. The maximum absolute atomic E-state index is 11.8. The van der Waals surface area contributed by atoms with Gasteiger partial charge in [-0.1, -0.05) is 11.6 Å². The van der Waals surface area contributed by atoms with Gasteiger partial charge in [-0.3, -0.25) is 4.79 Å². The van der Waals surface area contributed by atoms with Gasteiger partial charge in [-0.05, 0) is 34.6 Å². The van der Waals surface area contributed by atoms with E-state index in [4.69, 9.17) is 11.6 Å². The number of aryl methyl sites for hydroxylation is 1. The Morgan fingerprint density at radius 1 is 1.44 bits per heavy atom. The minimum Gasteiger partial charge on any atom is -0.388 e. The Labute approximate surface area is 112 Å². The SMILES string of the molecule is CCn1ncc(NC(C)(C)C(C)(C)O)c(Cl)c1=O. The summed E-state index contributed by atoms with van der Waals surface area (Å²) in [7, 11) is 0. The van der Waals surface area contributed by atoms with E-state index in [1.165, 1.54) is 10.9 Å². The van der Waals surface area contributed by atoms with Crippen molar-refractivity contribution in [2.45, 2.75) is 52.3 Å². The fourth-order valence-corrected chi connectivity index (χ4v) is 1.46. The average Bonchev–Trinajstić information content (AvgIpc) is 2.23. The Balaban J connectivity index is 3.15. The molecule has 2 N–H and O–H groups in total. The van der Waals surface area contributed by atoms with Crippen LogP contribution in [0.4, 0.5) is 5.69 Å². The predicted octanol–water partition coefficient (Wildman–Crippen LogP) is 1.88. The molecule has 1 rings (SSSR count). The number of aromatic nitrogens is 2. The Bertz CT molecular complexity index is 489. The molecule has 0 amide bonds. The topological polar surface area (TPSA) is 67.2 Å². The van der Waals surface area contributed by atoms with E-state index in [1.54, 1.807) is 13.8 Å². The fraction of sp³-hybridized carbons (Fsp3) is 0.667. The summed E-state index contributed by atoms with van der Waals surface area (Å²) in [6.45, 7) is 9.32. The molecule has 1 aromatic rings. The second-order valence-electron chi connectivity index (χ2n) is 5.30. The lowest BCUT2D eigenvalue weighted by Gasteiger charge is -2.38. The minimum atomic E-state index is -0.976. The van der Waals surface area contributed by atoms with Gasteiger partial charge in [0.1, 0.15) is 5.02 Å². The average molecular weight is 274 g/mol. The summed E-state index contributed by atoms with van der Waals surface area (Å²) in [4.78, 5) is 11.8. The molecular weight excluding hydrogens is 254 g/mol. The molecule has 6 heteroatoms. The molecule has 0 saturated carbocycles. The third-order valence-corrected chi connectivity index (χ3v) is 3.63. The molecule has 0 radical (unpaired) electrons. The molecule has 0 bridgehead atoms. The first-order valence-corrected chi connectivity index (χ1v) is 6.24. The predicted molar refractivity (Wildman–Crippen MR) is 73.2 cm³/mol. The number of aliphatic hydroxyl groups is 1. The molecule has 0 saturated heterocycles. The van der Waals surface area contributed by atoms with E-state index in [-0.39, 0.29) is 10.6 Å². The van der Waals surface area contributed by atoms with Crippen molar-refractivity contribution >= 4 is 17.3 Å². The first-order valence-electron chi connectivity index (χ1n) is 5.86. The van der Waals surface area contributed by atoms with E-state index >= 15 is 0 Å². The van der Waals surface area contributed by atoms with Gasteiger partial charge in [0.05, 0.1) is 23.0 Å². The van der Waals surface area contributed by atoms with E-state index in [2.05, 4.69) is 10.4 Å². The smallest absolute Gasteiger partial charge is 0.287 e. The highest BCUT2D eigenvalue weighted by molar-refractivity contribution is 6.32. The number of hydrogen-bond acceptors (Lipinski definition) is 4. The number of halogens is 1. The largest absolute Gasteiger partial charge is 0.388 e. The van der Waals surface area contributed by atoms with Crippen LogP contribution in [0.5, 0.6) is 0 Å². The molecule has 0 unspecified atom stereocenters. The third-order valence-electron chi connectivity index (χ3n) is 3.26. The Kier molecular flexibility index (Phi) is 4.08. The molecule has 0 atom stereocenters. The summed E-state index contributed by atoms with van der Waals surface area (Å²) in [6.07, 6.45) is 1.50. The van der Waals surface area contributed by atoms with Crippen molar-refractivity contribution in [3.8, 4) is 0 Å². The Morgan fingerprint density at radius 3 is 2.44 bits per heavy atom. The van der Waals surface area contributed by atoms with Crippen LogP contribution in [0.25, 0.3) is 0 Å². The molecule has 5 nitrogen and oxygen atoms in total. The van der Waals surface area contributed by atoms with Crippen LogP contribution in [0.1, 0.15) is 34.6 Å². The van der Waals surface area contributed by atoms with Gasteiger partial charge in [-0.2, -0.15) is 5.10 Å². The summed E-state index contributed by atoms with van der Waals surface area (Å²) < 4.78 is 1.28. The highest BCUT2D eigenvalue weighted by Gasteiger charge is 2.35. The van der Waals surface area contributed by atoms with Gasteiger partial charge in [0.25, 0.3) is 5.56 Å². The fourth-order valence-electron chi connectivity index (χ4n) is 1.27. The van der Waals surface area contributed by atoms with Crippen molar-refractivity contribution in [2.24, 2.45) is 0 Å². The number of anilines is 1. The van der Waals surface area contributed by atoms with E-state index in [0.29, 0.717) is 12.2 Å². The normalized spacial score (nSPS) is 12.6. The van der Waals surface area contributed by atoms with Gasteiger partial charge in [0, 0.05) is 6.54 Å². The molecule has 18 heavy (non-hydrogen) atoms. The van der Waals surface area contributed by atoms with Crippen molar-refractivity contribution < 1.29 is 5.11 Å². The highest BCUT2D eigenvalue weighted by Crippen LogP contribution is 2.27. The number of nitrogens with one attached hydrogen (secondary N) is 1. The molecule has 1 heterocycles. The third kappa shape index (κ3) is 2.84. The molecule has 0 spiro atoms. The second-order valence-corrected chi connectivity index (χ2v) is 5.68. The van der Waals surface area contributed by atoms with Gasteiger partial charge in [0.15, 0.2) is 0 Å². The van der Waals surface area contributed by atoms with Crippen molar-refractivity contribution in [3.05, 3.63) is 21.6 Å². The van der Waals surface area contributed by atoms with Gasteiger partial charge in [-0.15, -0.1) is 0 Å². The monoisotopic (exact) mass is 273 g/mol. The lowest BCUT2D eigenvalue weighted by molar-refractivity contribution is 0.0240. The minimum absolute atomic E-state index is 0.0872. The van der Waals surface area contributed by atoms with Crippen LogP contribution < -0.4 is 10.9 Å². The Hall–Kier alpha value is -1.07. The Morgan fingerprint density at radius 2 is 2.00 bits per heavy atom. The molecule has 102 valence electrons. The zero-order chi connectivity index (χ0) is 14.1. The summed E-state index contributed by atoms with van der Waals surface area (Å²) in [6, 6.07) is 0. The van der Waals surface area contributed by atoms with Crippen molar-refractivity contribution in [2.75, 3.05) is 5.32 Å². The number of nitrogens with zero attached hydrogens (tertiary/aromatic N) is 2. The zero-order valence-corrected chi connectivity index (χ0v) is 12.2. The molecule has 0 aliphatic heterocycles. The van der Waals surface area contributed by atoms with E-state index < -0.39 is 11.1 Å². The standard InChI is InChI=1S/C12H20ClN3O2/c1-6-16-10(17)9(13)8(7-14-16)15-11(2,3)12(4,5)18/h7,15,18H,6H2,1-5H3. The second kappa shape index (κ2) is 4.90. The van der Waals surface area contributed by atoms with E-state index in [1.807, 2.05) is 20.8 Å². The van der Waals surface area contributed by atoms with Gasteiger partial charge >= 0.3 is 0 Å². The van der Waals surface area contributed by atoms with Crippen LogP contribution in [-0.4, -0.2) is 26.0 Å². The van der Waals surface area contributed by atoms with Crippen LogP contribution in [-0.2, 0) is 6.54 Å². The summed E-state index contributed by atoms with van der Waals surface area (Å²) in [5.41, 5.74) is -1.53. The van der Waals surface area contributed by atoms with Gasteiger partial charge in [0.2, 0.25) is 0 Å². The first kappa shape index (κ1) is 15.0.